The molecule has 0 aromatic carbocycles. The summed E-state index contributed by atoms with van der Waals surface area (Å²) >= 11 is 0. The van der Waals surface area contributed by atoms with E-state index in [0.717, 1.165) is 17.8 Å². The summed E-state index contributed by atoms with van der Waals surface area (Å²) in [5, 5.41) is 3.62. The first-order chi connectivity index (χ1) is 6.48. The molecule has 0 saturated heterocycles. The molecule has 1 rings (SSSR count). The maximum absolute atomic E-state index is 3.62. The fourth-order valence-electron chi connectivity index (χ4n) is 2.41. The first-order valence-corrected chi connectivity index (χ1v) is 6.23. The number of nitrogens with one attached hydrogen (secondary N) is 1. The van der Waals surface area contributed by atoms with Crippen molar-refractivity contribution in [1.82, 2.24) is 5.32 Å². The van der Waals surface area contributed by atoms with E-state index in [9.17, 15) is 0 Å². The summed E-state index contributed by atoms with van der Waals surface area (Å²) < 4.78 is 0. The standard InChI is InChI=1S/C13H27N/c1-6-10(7-2)12-8-11(12)9-14-13(3,4)5/h10-12,14H,6-9H2,1-5H3. The van der Waals surface area contributed by atoms with Crippen molar-refractivity contribution < 1.29 is 0 Å². The third kappa shape index (κ3) is 3.61. The summed E-state index contributed by atoms with van der Waals surface area (Å²) in [5.74, 6) is 2.99. The second-order valence-electron chi connectivity index (χ2n) is 5.87. The highest BCUT2D eigenvalue weighted by molar-refractivity contribution is 4.92. The number of hydrogen-bond acceptors (Lipinski definition) is 1. The van der Waals surface area contributed by atoms with Gasteiger partial charge in [-0.15, -0.1) is 0 Å². The van der Waals surface area contributed by atoms with Gasteiger partial charge in [-0.25, -0.2) is 0 Å². The van der Waals surface area contributed by atoms with Crippen molar-refractivity contribution in [3.05, 3.63) is 0 Å². The molecule has 1 heteroatoms. The highest BCUT2D eigenvalue weighted by atomic mass is 15.0. The summed E-state index contributed by atoms with van der Waals surface area (Å²) in [6, 6.07) is 0. The molecular weight excluding hydrogens is 170 g/mol. The molecule has 1 fully saturated rings. The molecule has 84 valence electrons. The molecule has 0 spiro atoms. The van der Waals surface area contributed by atoms with Crippen molar-refractivity contribution >= 4 is 0 Å². The van der Waals surface area contributed by atoms with Crippen LogP contribution in [0, 0.1) is 17.8 Å². The molecule has 0 radical (unpaired) electrons. The maximum Gasteiger partial charge on any atom is 0.00966 e. The zero-order chi connectivity index (χ0) is 10.8. The average molecular weight is 197 g/mol. The topological polar surface area (TPSA) is 12.0 Å². The molecule has 0 amide bonds. The van der Waals surface area contributed by atoms with Crippen LogP contribution in [0.2, 0.25) is 0 Å². The fourth-order valence-corrected chi connectivity index (χ4v) is 2.41. The van der Waals surface area contributed by atoms with E-state index >= 15 is 0 Å². The zero-order valence-corrected chi connectivity index (χ0v) is 10.6. The van der Waals surface area contributed by atoms with Gasteiger partial charge in [0.05, 0.1) is 0 Å². The van der Waals surface area contributed by atoms with Crippen molar-refractivity contribution in [3.63, 3.8) is 0 Å². The van der Waals surface area contributed by atoms with Crippen molar-refractivity contribution in [1.29, 1.82) is 0 Å². The molecule has 1 aliphatic rings. The van der Waals surface area contributed by atoms with Crippen molar-refractivity contribution in [2.75, 3.05) is 6.54 Å². The van der Waals surface area contributed by atoms with E-state index in [0.29, 0.717) is 5.54 Å². The van der Waals surface area contributed by atoms with E-state index in [4.69, 9.17) is 0 Å². The van der Waals surface area contributed by atoms with Crippen molar-refractivity contribution in [3.8, 4) is 0 Å². The third-order valence-electron chi connectivity index (χ3n) is 3.53. The molecule has 1 N–H and O–H groups in total. The minimum atomic E-state index is 0.293. The Balaban J connectivity index is 2.19. The lowest BCUT2D eigenvalue weighted by Gasteiger charge is -2.21. The van der Waals surface area contributed by atoms with Gasteiger partial charge in [0.15, 0.2) is 0 Å². The molecule has 0 heterocycles. The van der Waals surface area contributed by atoms with Crippen molar-refractivity contribution in [2.45, 2.75) is 59.4 Å². The van der Waals surface area contributed by atoms with Crippen LogP contribution < -0.4 is 5.32 Å². The van der Waals surface area contributed by atoms with Crippen LogP contribution in [0.1, 0.15) is 53.9 Å². The highest BCUT2D eigenvalue weighted by Crippen LogP contribution is 2.46. The lowest BCUT2D eigenvalue weighted by molar-refractivity contribution is 0.371. The molecular formula is C13H27N. The van der Waals surface area contributed by atoms with Gasteiger partial charge in [-0.2, -0.15) is 0 Å². The Labute approximate surface area is 89.7 Å². The summed E-state index contributed by atoms with van der Waals surface area (Å²) in [4.78, 5) is 0. The van der Waals surface area contributed by atoms with Gasteiger partial charge in [0.25, 0.3) is 0 Å². The van der Waals surface area contributed by atoms with Gasteiger partial charge < -0.3 is 5.32 Å². The smallest absolute Gasteiger partial charge is 0.00966 e. The van der Waals surface area contributed by atoms with E-state index in [1.807, 2.05) is 0 Å². The van der Waals surface area contributed by atoms with E-state index in [1.54, 1.807) is 0 Å². The van der Waals surface area contributed by atoms with Crippen LogP contribution in [-0.2, 0) is 0 Å². The Hall–Kier alpha value is -0.0400. The minimum absolute atomic E-state index is 0.293. The van der Waals surface area contributed by atoms with Crippen LogP contribution in [0.25, 0.3) is 0 Å². The fraction of sp³-hybridized carbons (Fsp3) is 1.00. The molecule has 0 bridgehead atoms. The van der Waals surface area contributed by atoms with E-state index in [2.05, 4.69) is 39.9 Å². The molecule has 2 atom stereocenters. The Morgan fingerprint density at radius 3 is 2.21 bits per heavy atom. The summed E-state index contributed by atoms with van der Waals surface area (Å²) in [6.45, 7) is 12.6. The Morgan fingerprint density at radius 1 is 1.21 bits per heavy atom. The van der Waals surface area contributed by atoms with E-state index < -0.39 is 0 Å². The molecule has 1 aliphatic carbocycles. The average Bonchev–Trinajstić information content (AvgIpc) is 2.82. The van der Waals surface area contributed by atoms with Crippen LogP contribution >= 0.6 is 0 Å². The molecule has 14 heavy (non-hydrogen) atoms. The quantitative estimate of drug-likeness (QED) is 0.712. The Kier molecular flexibility index (Phi) is 4.00. The summed E-state index contributed by atoms with van der Waals surface area (Å²) in [6.07, 6.45) is 4.20. The molecule has 1 saturated carbocycles. The molecule has 0 aliphatic heterocycles. The highest BCUT2D eigenvalue weighted by Gasteiger charge is 2.41. The molecule has 2 unspecified atom stereocenters. The molecule has 0 aromatic rings. The predicted molar refractivity (Wildman–Crippen MR) is 63.4 cm³/mol. The SMILES string of the molecule is CCC(CC)C1CC1CNC(C)(C)C. The normalized spacial score (nSPS) is 27.0. The van der Waals surface area contributed by atoms with E-state index in [1.165, 1.54) is 25.8 Å². The number of rotatable bonds is 5. The second kappa shape index (κ2) is 4.65. The van der Waals surface area contributed by atoms with Gasteiger partial charge in [-0.3, -0.25) is 0 Å². The Bertz CT molecular complexity index is 165. The maximum atomic E-state index is 3.62. The predicted octanol–water partition coefficient (Wildman–Crippen LogP) is 3.45. The van der Waals surface area contributed by atoms with Gasteiger partial charge in [0.2, 0.25) is 0 Å². The molecule has 0 aromatic heterocycles. The molecule has 1 nitrogen and oxygen atoms in total. The van der Waals surface area contributed by atoms with Gasteiger partial charge in [0.1, 0.15) is 0 Å². The van der Waals surface area contributed by atoms with Gasteiger partial charge in [-0.1, -0.05) is 26.7 Å². The second-order valence-corrected chi connectivity index (χ2v) is 5.87. The van der Waals surface area contributed by atoms with Crippen LogP contribution in [0.5, 0.6) is 0 Å². The minimum Gasteiger partial charge on any atom is -0.312 e. The lowest BCUT2D eigenvalue weighted by Crippen LogP contribution is -2.37. The van der Waals surface area contributed by atoms with Crippen LogP contribution in [-0.4, -0.2) is 12.1 Å². The zero-order valence-electron chi connectivity index (χ0n) is 10.6. The monoisotopic (exact) mass is 197 g/mol. The summed E-state index contributed by atoms with van der Waals surface area (Å²) in [7, 11) is 0. The van der Waals surface area contributed by atoms with Gasteiger partial charge in [-0.05, 0) is 51.5 Å². The largest absolute Gasteiger partial charge is 0.312 e. The van der Waals surface area contributed by atoms with Gasteiger partial charge >= 0.3 is 0 Å². The Morgan fingerprint density at radius 2 is 1.79 bits per heavy atom. The first kappa shape index (κ1) is 12.0. The third-order valence-corrected chi connectivity index (χ3v) is 3.53. The van der Waals surface area contributed by atoms with Crippen LogP contribution in [0.3, 0.4) is 0 Å². The summed E-state index contributed by atoms with van der Waals surface area (Å²) in [5.41, 5.74) is 0.293. The lowest BCUT2D eigenvalue weighted by atomic mass is 9.96. The number of hydrogen-bond donors (Lipinski definition) is 1. The van der Waals surface area contributed by atoms with Gasteiger partial charge in [0, 0.05) is 5.54 Å². The van der Waals surface area contributed by atoms with E-state index in [-0.39, 0.29) is 0 Å². The first-order valence-electron chi connectivity index (χ1n) is 6.23. The van der Waals surface area contributed by atoms with Crippen molar-refractivity contribution in [2.24, 2.45) is 17.8 Å². The van der Waals surface area contributed by atoms with Crippen LogP contribution in [0.15, 0.2) is 0 Å². The van der Waals surface area contributed by atoms with Crippen LogP contribution in [0.4, 0.5) is 0 Å².